The lowest BCUT2D eigenvalue weighted by Gasteiger charge is -2.34. The molecule has 3 rings (SSSR count). The molecule has 140 valence electrons. The van der Waals surface area contributed by atoms with E-state index in [0.29, 0.717) is 6.04 Å². The van der Waals surface area contributed by atoms with E-state index in [-0.39, 0.29) is 0 Å². The van der Waals surface area contributed by atoms with Gasteiger partial charge in [0.25, 0.3) is 0 Å². The first-order valence-electron chi connectivity index (χ1n) is 9.67. The lowest BCUT2D eigenvalue weighted by molar-refractivity contribution is 0.414. The third kappa shape index (κ3) is 4.75. The normalized spacial score (nSPS) is 15.5. The second-order valence-electron chi connectivity index (χ2n) is 7.15. The van der Waals surface area contributed by atoms with Crippen molar-refractivity contribution in [1.29, 1.82) is 0 Å². The molecule has 0 radical (unpaired) electrons. The molecule has 0 saturated carbocycles. The van der Waals surface area contributed by atoms with Crippen LogP contribution in [-0.4, -0.2) is 45.6 Å². The summed E-state index contributed by atoms with van der Waals surface area (Å²) in [7, 11) is 0. The molecule has 26 heavy (non-hydrogen) atoms. The fourth-order valence-corrected chi connectivity index (χ4v) is 3.60. The summed E-state index contributed by atoms with van der Waals surface area (Å²) in [6.45, 7) is 11.2. The number of aryl methyl sites for hydroxylation is 4. The lowest BCUT2D eigenvalue weighted by atomic mass is 10.0. The Labute approximate surface area is 156 Å². The van der Waals surface area contributed by atoms with E-state index >= 15 is 0 Å². The Morgan fingerprint density at radius 2 is 1.77 bits per heavy atom. The van der Waals surface area contributed by atoms with Gasteiger partial charge in [0.15, 0.2) is 0 Å². The number of hydrogen-bond acceptors (Lipinski definition) is 6. The van der Waals surface area contributed by atoms with Crippen LogP contribution < -0.4 is 10.2 Å². The zero-order valence-electron chi connectivity index (χ0n) is 16.4. The van der Waals surface area contributed by atoms with Gasteiger partial charge < -0.3 is 10.2 Å². The number of hydrogen-bond donors (Lipinski definition) is 1. The molecular formula is C20H30N6. The quantitative estimate of drug-likeness (QED) is 0.860. The van der Waals surface area contributed by atoms with Crippen LogP contribution in [0.25, 0.3) is 0 Å². The Hall–Kier alpha value is -2.08. The van der Waals surface area contributed by atoms with E-state index in [4.69, 9.17) is 0 Å². The summed E-state index contributed by atoms with van der Waals surface area (Å²) >= 11 is 0. The van der Waals surface area contributed by atoms with E-state index in [0.717, 1.165) is 74.2 Å². The third-order valence-corrected chi connectivity index (χ3v) is 4.95. The Bertz CT molecular complexity index is 717. The summed E-state index contributed by atoms with van der Waals surface area (Å²) in [5, 5.41) is 3.68. The molecule has 1 N–H and O–H groups in total. The molecule has 0 aliphatic carbocycles. The van der Waals surface area contributed by atoms with Gasteiger partial charge in [-0.3, -0.25) is 0 Å². The maximum absolute atomic E-state index is 4.69. The van der Waals surface area contributed by atoms with Gasteiger partial charge in [-0.25, -0.2) is 19.9 Å². The van der Waals surface area contributed by atoms with Crippen LogP contribution in [0.4, 0.5) is 5.82 Å². The summed E-state index contributed by atoms with van der Waals surface area (Å²) in [5.74, 6) is 2.92. The van der Waals surface area contributed by atoms with E-state index in [1.165, 1.54) is 5.56 Å². The second-order valence-corrected chi connectivity index (χ2v) is 7.15. The van der Waals surface area contributed by atoms with E-state index < -0.39 is 0 Å². The van der Waals surface area contributed by atoms with Crippen LogP contribution >= 0.6 is 0 Å². The van der Waals surface area contributed by atoms with Gasteiger partial charge in [-0.15, -0.1) is 0 Å². The summed E-state index contributed by atoms with van der Waals surface area (Å²) in [6.07, 6.45) is 6.11. The van der Waals surface area contributed by atoms with Crippen molar-refractivity contribution < 1.29 is 0 Å². The summed E-state index contributed by atoms with van der Waals surface area (Å²) in [5.41, 5.74) is 3.34. The molecule has 1 saturated heterocycles. The van der Waals surface area contributed by atoms with E-state index in [9.17, 15) is 0 Å². The average Bonchev–Trinajstić information content (AvgIpc) is 2.61. The van der Waals surface area contributed by atoms with Gasteiger partial charge in [0.1, 0.15) is 17.5 Å². The summed E-state index contributed by atoms with van der Waals surface area (Å²) in [4.78, 5) is 20.5. The highest BCUT2D eigenvalue weighted by Crippen LogP contribution is 2.22. The minimum atomic E-state index is 0.560. The number of nitrogens with zero attached hydrogens (tertiary/aromatic N) is 5. The van der Waals surface area contributed by atoms with Gasteiger partial charge in [0, 0.05) is 55.2 Å². The number of nitrogens with one attached hydrogen (secondary N) is 1. The van der Waals surface area contributed by atoms with Crippen molar-refractivity contribution in [2.75, 3.05) is 24.5 Å². The number of rotatable bonds is 6. The zero-order valence-corrected chi connectivity index (χ0v) is 16.4. The van der Waals surface area contributed by atoms with E-state index in [2.05, 4.69) is 37.1 Å². The van der Waals surface area contributed by atoms with Crippen molar-refractivity contribution in [1.82, 2.24) is 25.3 Å². The molecule has 0 amide bonds. The molecule has 1 fully saturated rings. The Kier molecular flexibility index (Phi) is 6.14. The van der Waals surface area contributed by atoms with Gasteiger partial charge in [0.2, 0.25) is 0 Å². The highest BCUT2D eigenvalue weighted by atomic mass is 15.2. The Balaban J connectivity index is 1.49. The Morgan fingerprint density at radius 1 is 1.08 bits per heavy atom. The number of piperidine rings is 1. The van der Waals surface area contributed by atoms with E-state index in [1.54, 1.807) is 0 Å². The van der Waals surface area contributed by atoms with Crippen LogP contribution in [0.1, 0.15) is 48.4 Å². The van der Waals surface area contributed by atoms with Crippen molar-refractivity contribution in [3.63, 3.8) is 0 Å². The minimum Gasteiger partial charge on any atom is -0.356 e. The van der Waals surface area contributed by atoms with Crippen LogP contribution in [0, 0.1) is 20.8 Å². The van der Waals surface area contributed by atoms with Gasteiger partial charge in [-0.05, 0) is 46.1 Å². The molecule has 0 spiro atoms. The predicted molar refractivity (Wildman–Crippen MR) is 105 cm³/mol. The third-order valence-electron chi connectivity index (χ3n) is 4.95. The molecule has 6 heteroatoms. The fraction of sp³-hybridized carbons (Fsp3) is 0.600. The summed E-state index contributed by atoms with van der Waals surface area (Å²) < 4.78 is 0. The molecule has 6 nitrogen and oxygen atoms in total. The SMILES string of the molecule is CCc1cnc(C)nc1N1CCC(NCCc2nc(C)cc(C)n2)CC1. The van der Waals surface area contributed by atoms with Crippen LogP contribution in [0.3, 0.4) is 0 Å². The maximum atomic E-state index is 4.69. The van der Waals surface area contributed by atoms with Crippen molar-refractivity contribution in [3.8, 4) is 0 Å². The fourth-order valence-electron chi connectivity index (χ4n) is 3.60. The van der Waals surface area contributed by atoms with Crippen molar-refractivity contribution in [2.24, 2.45) is 0 Å². The zero-order chi connectivity index (χ0) is 18.5. The highest BCUT2D eigenvalue weighted by Gasteiger charge is 2.21. The van der Waals surface area contributed by atoms with Gasteiger partial charge in [-0.2, -0.15) is 0 Å². The van der Waals surface area contributed by atoms with Crippen LogP contribution in [-0.2, 0) is 12.8 Å². The number of aromatic nitrogens is 4. The lowest BCUT2D eigenvalue weighted by Crippen LogP contribution is -2.43. The first-order valence-corrected chi connectivity index (χ1v) is 9.67. The molecule has 0 unspecified atom stereocenters. The van der Waals surface area contributed by atoms with Crippen molar-refractivity contribution in [2.45, 2.75) is 59.4 Å². The monoisotopic (exact) mass is 354 g/mol. The molecule has 1 aliphatic heterocycles. The van der Waals surface area contributed by atoms with E-state index in [1.807, 2.05) is 33.0 Å². The first-order chi connectivity index (χ1) is 12.5. The maximum Gasteiger partial charge on any atom is 0.135 e. The first kappa shape index (κ1) is 18.7. The van der Waals surface area contributed by atoms with Crippen molar-refractivity contribution >= 4 is 5.82 Å². The van der Waals surface area contributed by atoms with Crippen LogP contribution in [0.2, 0.25) is 0 Å². The molecule has 0 aromatic carbocycles. The standard InChI is InChI=1S/C20H30N6/c1-5-17-13-22-16(4)25-20(17)26-10-7-18(8-11-26)21-9-6-19-23-14(2)12-15(3)24-19/h12-13,18,21H,5-11H2,1-4H3. The largest absolute Gasteiger partial charge is 0.356 e. The molecule has 2 aromatic heterocycles. The van der Waals surface area contributed by atoms with Gasteiger partial charge >= 0.3 is 0 Å². The average molecular weight is 355 g/mol. The summed E-state index contributed by atoms with van der Waals surface area (Å²) in [6, 6.07) is 2.58. The topological polar surface area (TPSA) is 66.8 Å². The second kappa shape index (κ2) is 8.54. The number of anilines is 1. The smallest absolute Gasteiger partial charge is 0.135 e. The minimum absolute atomic E-state index is 0.560. The molecular weight excluding hydrogens is 324 g/mol. The molecule has 0 bridgehead atoms. The van der Waals surface area contributed by atoms with Gasteiger partial charge in [0.05, 0.1) is 0 Å². The van der Waals surface area contributed by atoms with Crippen molar-refractivity contribution in [3.05, 3.63) is 40.9 Å². The van der Waals surface area contributed by atoms with Crippen LogP contribution in [0.15, 0.2) is 12.3 Å². The molecule has 3 heterocycles. The Morgan fingerprint density at radius 3 is 2.42 bits per heavy atom. The molecule has 0 atom stereocenters. The van der Waals surface area contributed by atoms with Gasteiger partial charge in [-0.1, -0.05) is 6.92 Å². The molecule has 2 aromatic rings. The highest BCUT2D eigenvalue weighted by molar-refractivity contribution is 5.46. The molecule has 1 aliphatic rings. The predicted octanol–water partition coefficient (Wildman–Crippen LogP) is 2.56. The van der Waals surface area contributed by atoms with Crippen LogP contribution in [0.5, 0.6) is 0 Å².